The number of hydrogen-bond acceptors (Lipinski definition) is 6. The lowest BCUT2D eigenvalue weighted by Gasteiger charge is -2.28. The fourth-order valence-corrected chi connectivity index (χ4v) is 2.48. The average Bonchev–Trinajstić information content (AvgIpc) is 2.58. The van der Waals surface area contributed by atoms with Crippen LogP contribution in [0, 0.1) is 0 Å². The number of amides is 1. The summed E-state index contributed by atoms with van der Waals surface area (Å²) in [6.07, 6.45) is 1.92. The fraction of sp³-hybridized carbons (Fsp3) is 0.941. The first-order chi connectivity index (χ1) is 11.3. The molecule has 0 aliphatic rings. The van der Waals surface area contributed by atoms with E-state index in [0.717, 1.165) is 19.3 Å². The quantitative estimate of drug-likeness (QED) is 0.282. The maximum Gasteiger partial charge on any atom is 0.222 e. The minimum absolute atomic E-state index is 0.132. The highest BCUT2D eigenvalue weighted by Gasteiger charge is 2.31. The second kappa shape index (κ2) is 13.5. The topological polar surface area (TPSA) is 121 Å². The minimum Gasteiger partial charge on any atom is -0.394 e. The molecule has 24 heavy (non-hydrogen) atoms. The number of aliphatic hydroxyl groups excluding tert-OH is 5. The van der Waals surface area contributed by atoms with Crippen LogP contribution in [0.3, 0.4) is 0 Å². The molecule has 1 amide bonds. The van der Waals surface area contributed by atoms with E-state index in [9.17, 15) is 25.2 Å². The van der Waals surface area contributed by atoms with Crippen LogP contribution in [-0.2, 0) is 4.79 Å². The van der Waals surface area contributed by atoms with Gasteiger partial charge in [-0.15, -0.1) is 0 Å². The van der Waals surface area contributed by atoms with Crippen molar-refractivity contribution in [1.82, 2.24) is 4.90 Å². The van der Waals surface area contributed by atoms with Crippen LogP contribution in [-0.4, -0.2) is 81.0 Å². The first-order valence-corrected chi connectivity index (χ1v) is 8.92. The molecular formula is C17H35NO6. The lowest BCUT2D eigenvalue weighted by atomic mass is 10.0. The Bertz CT molecular complexity index is 328. The van der Waals surface area contributed by atoms with Gasteiger partial charge in [-0.3, -0.25) is 4.79 Å². The molecule has 0 aromatic carbocycles. The van der Waals surface area contributed by atoms with Crippen LogP contribution in [0.5, 0.6) is 0 Å². The summed E-state index contributed by atoms with van der Waals surface area (Å²) in [6.45, 7) is 1.30. The monoisotopic (exact) mass is 349 g/mol. The van der Waals surface area contributed by atoms with E-state index in [-0.39, 0.29) is 12.5 Å². The molecule has 4 unspecified atom stereocenters. The van der Waals surface area contributed by atoms with Crippen molar-refractivity contribution >= 4 is 5.91 Å². The molecule has 0 aliphatic carbocycles. The molecule has 4 atom stereocenters. The fourth-order valence-electron chi connectivity index (χ4n) is 2.48. The van der Waals surface area contributed by atoms with Gasteiger partial charge in [0.15, 0.2) is 0 Å². The highest BCUT2D eigenvalue weighted by atomic mass is 16.4. The molecule has 7 nitrogen and oxygen atoms in total. The van der Waals surface area contributed by atoms with Crippen molar-refractivity contribution in [3.8, 4) is 0 Å². The Hall–Kier alpha value is -0.730. The molecule has 0 rings (SSSR count). The summed E-state index contributed by atoms with van der Waals surface area (Å²) in [4.78, 5) is 13.3. The van der Waals surface area contributed by atoms with E-state index in [1.165, 1.54) is 37.6 Å². The molecule has 0 saturated carbocycles. The minimum atomic E-state index is -1.67. The average molecular weight is 349 g/mol. The highest BCUT2D eigenvalue weighted by molar-refractivity contribution is 5.75. The van der Waals surface area contributed by atoms with Crippen LogP contribution in [0.15, 0.2) is 0 Å². The predicted octanol–water partition coefficient (Wildman–Crippen LogP) is 0.0214. The summed E-state index contributed by atoms with van der Waals surface area (Å²) in [5, 5.41) is 47.1. The number of hydrogen-bond donors (Lipinski definition) is 5. The summed E-state index contributed by atoms with van der Waals surface area (Å²) in [5.74, 6) is -0.132. The lowest BCUT2D eigenvalue weighted by molar-refractivity contribution is -0.138. The SMILES string of the molecule is CCCCCCCCCC(=O)N(C)CC(O)C(O)C(O)C(O)CO. The summed E-state index contributed by atoms with van der Waals surface area (Å²) in [7, 11) is 1.52. The molecule has 0 radical (unpaired) electrons. The molecule has 144 valence electrons. The largest absolute Gasteiger partial charge is 0.394 e. The van der Waals surface area contributed by atoms with E-state index < -0.39 is 31.0 Å². The summed E-state index contributed by atoms with van der Waals surface area (Å²) in [5.41, 5.74) is 0. The van der Waals surface area contributed by atoms with Crippen LogP contribution in [0.4, 0.5) is 0 Å². The lowest BCUT2D eigenvalue weighted by Crippen LogP contribution is -2.49. The van der Waals surface area contributed by atoms with Crippen LogP contribution in [0.2, 0.25) is 0 Å². The summed E-state index contributed by atoms with van der Waals surface area (Å²) < 4.78 is 0. The Morgan fingerprint density at radius 2 is 1.38 bits per heavy atom. The van der Waals surface area contributed by atoms with Gasteiger partial charge in [0, 0.05) is 20.0 Å². The van der Waals surface area contributed by atoms with Crippen molar-refractivity contribution in [3.63, 3.8) is 0 Å². The van der Waals surface area contributed by atoms with Crippen LogP contribution >= 0.6 is 0 Å². The number of carbonyl (C=O) groups excluding carboxylic acids is 1. The van der Waals surface area contributed by atoms with Crippen molar-refractivity contribution in [2.45, 2.75) is 82.7 Å². The van der Waals surface area contributed by atoms with E-state index >= 15 is 0 Å². The zero-order chi connectivity index (χ0) is 18.5. The molecule has 0 spiro atoms. The molecule has 5 N–H and O–H groups in total. The summed E-state index contributed by atoms with van der Waals surface area (Å²) in [6, 6.07) is 0. The maximum absolute atomic E-state index is 12.0. The number of nitrogens with zero attached hydrogens (tertiary/aromatic N) is 1. The van der Waals surface area contributed by atoms with Gasteiger partial charge in [-0.25, -0.2) is 0 Å². The molecule has 0 fully saturated rings. The zero-order valence-corrected chi connectivity index (χ0v) is 15.0. The van der Waals surface area contributed by atoms with Crippen LogP contribution in [0.1, 0.15) is 58.3 Å². The standard InChI is InChI=1S/C17H35NO6/c1-3-4-5-6-7-8-9-10-15(22)18(2)11-13(20)16(23)17(24)14(21)12-19/h13-14,16-17,19-21,23-24H,3-12H2,1-2H3. The Labute approximate surface area is 144 Å². The number of carbonyl (C=O) groups is 1. The van der Waals surface area contributed by atoms with Crippen LogP contribution < -0.4 is 0 Å². The third-order valence-corrected chi connectivity index (χ3v) is 4.21. The third kappa shape index (κ3) is 9.54. The predicted molar refractivity (Wildman–Crippen MR) is 91.4 cm³/mol. The Morgan fingerprint density at radius 3 is 1.92 bits per heavy atom. The zero-order valence-electron chi connectivity index (χ0n) is 15.0. The first-order valence-electron chi connectivity index (χ1n) is 8.92. The van der Waals surface area contributed by atoms with Gasteiger partial charge in [-0.05, 0) is 6.42 Å². The van der Waals surface area contributed by atoms with Crippen LogP contribution in [0.25, 0.3) is 0 Å². The second-order valence-electron chi connectivity index (χ2n) is 6.44. The van der Waals surface area contributed by atoms with Crippen molar-refractivity contribution in [2.75, 3.05) is 20.2 Å². The molecule has 0 aromatic heterocycles. The number of aliphatic hydroxyl groups is 5. The van der Waals surface area contributed by atoms with Crippen molar-refractivity contribution in [3.05, 3.63) is 0 Å². The highest BCUT2D eigenvalue weighted by Crippen LogP contribution is 2.10. The summed E-state index contributed by atoms with van der Waals surface area (Å²) >= 11 is 0. The van der Waals surface area contributed by atoms with Gasteiger partial charge in [0.2, 0.25) is 5.91 Å². The number of rotatable bonds is 14. The van der Waals surface area contributed by atoms with Gasteiger partial charge in [0.25, 0.3) is 0 Å². The van der Waals surface area contributed by atoms with E-state index in [1.54, 1.807) is 0 Å². The molecular weight excluding hydrogens is 314 g/mol. The van der Waals surface area contributed by atoms with Gasteiger partial charge in [-0.2, -0.15) is 0 Å². The Kier molecular flexibility index (Phi) is 13.1. The first kappa shape index (κ1) is 23.3. The molecule has 0 heterocycles. The van der Waals surface area contributed by atoms with Crippen molar-refractivity contribution < 1.29 is 30.3 Å². The van der Waals surface area contributed by atoms with Crippen molar-refractivity contribution in [1.29, 1.82) is 0 Å². The van der Waals surface area contributed by atoms with Crippen molar-refractivity contribution in [2.24, 2.45) is 0 Å². The van der Waals surface area contributed by atoms with Gasteiger partial charge in [0.1, 0.15) is 24.4 Å². The van der Waals surface area contributed by atoms with Gasteiger partial charge >= 0.3 is 0 Å². The van der Waals surface area contributed by atoms with E-state index in [0.29, 0.717) is 6.42 Å². The van der Waals surface area contributed by atoms with E-state index in [2.05, 4.69) is 6.92 Å². The molecule has 7 heteroatoms. The molecule has 0 aromatic rings. The number of likely N-dealkylation sites (N-methyl/N-ethyl adjacent to an activating group) is 1. The normalized spacial score (nSPS) is 16.5. The smallest absolute Gasteiger partial charge is 0.222 e. The van der Waals surface area contributed by atoms with E-state index in [1.807, 2.05) is 0 Å². The number of unbranched alkanes of at least 4 members (excludes halogenated alkanes) is 6. The third-order valence-electron chi connectivity index (χ3n) is 4.21. The molecule has 0 aliphatic heterocycles. The van der Waals surface area contributed by atoms with Gasteiger partial charge in [-0.1, -0.05) is 45.4 Å². The van der Waals surface area contributed by atoms with Gasteiger partial charge in [0.05, 0.1) is 6.61 Å². The van der Waals surface area contributed by atoms with E-state index in [4.69, 9.17) is 5.11 Å². The Balaban J connectivity index is 3.99. The molecule has 0 saturated heterocycles. The Morgan fingerprint density at radius 1 is 0.875 bits per heavy atom. The van der Waals surface area contributed by atoms with Gasteiger partial charge < -0.3 is 30.4 Å². The second-order valence-corrected chi connectivity index (χ2v) is 6.44. The maximum atomic E-state index is 12.0. The molecule has 0 bridgehead atoms.